The molecule has 2 heterocycles. The summed E-state index contributed by atoms with van der Waals surface area (Å²) in [5.74, 6) is -0.124. The molecule has 1 aliphatic heterocycles. The Morgan fingerprint density at radius 1 is 1.21 bits per heavy atom. The molecule has 8 heteroatoms. The molecule has 3 amide bonds. The van der Waals surface area contributed by atoms with Gasteiger partial charge in [-0.25, -0.2) is 4.79 Å². The van der Waals surface area contributed by atoms with Gasteiger partial charge in [0.1, 0.15) is 0 Å². The molecule has 2 aromatic rings. The first kappa shape index (κ1) is 20.6. The molecule has 3 rings (SSSR count). The second-order valence-corrected chi connectivity index (χ2v) is 8.66. The number of amides is 3. The largest absolute Gasteiger partial charge is 0.378 e. The number of halogens is 1. The molecular formula is C20H24ClN3O3S. The quantitative estimate of drug-likeness (QED) is 0.769. The Balaban J connectivity index is 1.62. The predicted molar refractivity (Wildman–Crippen MR) is 113 cm³/mol. The van der Waals surface area contributed by atoms with Gasteiger partial charge in [0, 0.05) is 28.5 Å². The number of hydrogen-bond donors (Lipinski definition) is 2. The number of urea groups is 1. The van der Waals surface area contributed by atoms with Crippen molar-refractivity contribution in [2.45, 2.75) is 26.8 Å². The first-order valence-electron chi connectivity index (χ1n) is 9.16. The zero-order valence-corrected chi connectivity index (χ0v) is 17.7. The van der Waals surface area contributed by atoms with Crippen LogP contribution in [-0.4, -0.2) is 43.1 Å². The van der Waals surface area contributed by atoms with Crippen molar-refractivity contribution >= 4 is 40.6 Å². The zero-order chi connectivity index (χ0) is 20.3. The number of nitrogens with one attached hydrogen (secondary N) is 2. The molecule has 0 saturated carbocycles. The molecule has 1 fully saturated rings. The number of hydrogen-bond acceptors (Lipinski definition) is 4. The molecule has 0 aliphatic carbocycles. The lowest BCUT2D eigenvalue weighted by atomic mass is 10.1. The molecule has 1 aromatic carbocycles. The normalized spacial score (nSPS) is 15.2. The summed E-state index contributed by atoms with van der Waals surface area (Å²) >= 11 is 8.02. The van der Waals surface area contributed by atoms with E-state index in [1.54, 1.807) is 34.4 Å². The zero-order valence-electron chi connectivity index (χ0n) is 16.2. The van der Waals surface area contributed by atoms with Gasteiger partial charge in [-0.1, -0.05) is 11.6 Å². The van der Waals surface area contributed by atoms with Gasteiger partial charge in [-0.3, -0.25) is 4.79 Å². The molecule has 1 aliphatic rings. The summed E-state index contributed by atoms with van der Waals surface area (Å²) in [6.07, 6.45) is 0. The van der Waals surface area contributed by atoms with E-state index in [0.717, 1.165) is 5.56 Å². The van der Waals surface area contributed by atoms with Crippen LogP contribution in [0.25, 0.3) is 0 Å². The summed E-state index contributed by atoms with van der Waals surface area (Å²) in [7, 11) is 0. The summed E-state index contributed by atoms with van der Waals surface area (Å²) in [5, 5.41) is 6.02. The number of ether oxygens (including phenoxy) is 1. The van der Waals surface area contributed by atoms with E-state index >= 15 is 0 Å². The van der Waals surface area contributed by atoms with Crippen LogP contribution in [0.15, 0.2) is 24.3 Å². The Morgan fingerprint density at radius 3 is 2.54 bits per heavy atom. The molecule has 0 spiro atoms. The standard InChI is InChI=1S/C20H24ClN3O3S/c1-12-10-17(14(3)28-12)13(2)22-20(26)23-15-4-5-16(18(21)11-15)19(25)24-6-8-27-9-7-24/h4-5,10-11,13H,6-9H2,1-3H3,(H2,22,23,26)/t13-/m0/s1. The summed E-state index contributed by atoms with van der Waals surface area (Å²) in [6, 6.07) is 6.59. The maximum atomic E-state index is 12.6. The van der Waals surface area contributed by atoms with Crippen molar-refractivity contribution < 1.29 is 14.3 Å². The molecule has 150 valence electrons. The third-order valence-corrected chi connectivity index (χ3v) is 5.94. The van der Waals surface area contributed by atoms with Crippen LogP contribution in [-0.2, 0) is 4.74 Å². The minimum Gasteiger partial charge on any atom is -0.378 e. The van der Waals surface area contributed by atoms with Crippen LogP contribution in [0.4, 0.5) is 10.5 Å². The van der Waals surface area contributed by atoms with Crippen molar-refractivity contribution in [3.05, 3.63) is 50.2 Å². The minimum absolute atomic E-state index is 0.109. The van der Waals surface area contributed by atoms with E-state index in [2.05, 4.69) is 23.6 Å². The van der Waals surface area contributed by atoms with E-state index in [9.17, 15) is 9.59 Å². The molecular weight excluding hydrogens is 398 g/mol. The SMILES string of the molecule is Cc1cc([C@H](C)NC(=O)Nc2ccc(C(=O)N3CCOCC3)c(Cl)c2)c(C)s1. The molecule has 1 atom stereocenters. The number of morpholine rings is 1. The van der Waals surface area contributed by atoms with Crippen LogP contribution < -0.4 is 10.6 Å². The Bertz CT molecular complexity index is 878. The number of thiophene rings is 1. The van der Waals surface area contributed by atoms with E-state index < -0.39 is 0 Å². The van der Waals surface area contributed by atoms with Crippen LogP contribution in [0, 0.1) is 13.8 Å². The first-order valence-corrected chi connectivity index (χ1v) is 10.4. The third kappa shape index (κ3) is 4.84. The van der Waals surface area contributed by atoms with Crippen molar-refractivity contribution in [1.82, 2.24) is 10.2 Å². The topological polar surface area (TPSA) is 70.7 Å². The monoisotopic (exact) mass is 421 g/mol. The molecule has 0 unspecified atom stereocenters. The van der Waals surface area contributed by atoms with Gasteiger partial charge < -0.3 is 20.3 Å². The lowest BCUT2D eigenvalue weighted by molar-refractivity contribution is 0.0303. The second kappa shape index (κ2) is 8.94. The van der Waals surface area contributed by atoms with E-state index in [1.165, 1.54) is 9.75 Å². The van der Waals surface area contributed by atoms with Crippen molar-refractivity contribution in [3.8, 4) is 0 Å². The fraction of sp³-hybridized carbons (Fsp3) is 0.400. The number of aryl methyl sites for hydroxylation is 2. The average molecular weight is 422 g/mol. The predicted octanol–water partition coefficient (Wildman–Crippen LogP) is 4.37. The van der Waals surface area contributed by atoms with E-state index in [-0.39, 0.29) is 18.0 Å². The first-order chi connectivity index (χ1) is 13.3. The van der Waals surface area contributed by atoms with Gasteiger partial charge in [-0.2, -0.15) is 0 Å². The molecule has 1 saturated heterocycles. The molecule has 0 bridgehead atoms. The number of rotatable bonds is 4. The highest BCUT2D eigenvalue weighted by molar-refractivity contribution is 7.12. The maximum Gasteiger partial charge on any atom is 0.319 e. The van der Waals surface area contributed by atoms with Crippen LogP contribution in [0.3, 0.4) is 0 Å². The number of carbonyl (C=O) groups is 2. The van der Waals surface area contributed by atoms with Crippen LogP contribution in [0.5, 0.6) is 0 Å². The average Bonchev–Trinajstić information content (AvgIpc) is 3.00. The van der Waals surface area contributed by atoms with Crippen LogP contribution >= 0.6 is 22.9 Å². The highest BCUT2D eigenvalue weighted by Crippen LogP contribution is 2.26. The summed E-state index contributed by atoms with van der Waals surface area (Å²) in [4.78, 5) is 29.0. The van der Waals surface area contributed by atoms with Crippen molar-refractivity contribution in [2.75, 3.05) is 31.6 Å². The molecule has 1 aromatic heterocycles. The minimum atomic E-state index is -0.320. The number of anilines is 1. The Morgan fingerprint density at radius 2 is 1.93 bits per heavy atom. The Labute approximate surface area is 173 Å². The van der Waals surface area contributed by atoms with E-state index in [0.29, 0.717) is 42.6 Å². The Hall–Kier alpha value is -2.09. The highest BCUT2D eigenvalue weighted by Gasteiger charge is 2.21. The maximum absolute atomic E-state index is 12.6. The van der Waals surface area contributed by atoms with Crippen molar-refractivity contribution in [3.63, 3.8) is 0 Å². The summed E-state index contributed by atoms with van der Waals surface area (Å²) in [6.45, 7) is 8.22. The molecule has 2 N–H and O–H groups in total. The molecule has 28 heavy (non-hydrogen) atoms. The van der Waals surface area contributed by atoms with Gasteiger partial charge in [0.2, 0.25) is 0 Å². The smallest absolute Gasteiger partial charge is 0.319 e. The van der Waals surface area contributed by atoms with Crippen LogP contribution in [0.1, 0.15) is 38.6 Å². The van der Waals surface area contributed by atoms with Crippen LogP contribution in [0.2, 0.25) is 5.02 Å². The number of nitrogens with zero attached hydrogens (tertiary/aromatic N) is 1. The van der Waals surface area contributed by atoms with Gasteiger partial charge in [0.15, 0.2) is 0 Å². The Kier molecular flexibility index (Phi) is 6.59. The molecule has 6 nitrogen and oxygen atoms in total. The number of carbonyl (C=O) groups excluding carboxylic acids is 2. The van der Waals surface area contributed by atoms with Gasteiger partial charge in [-0.15, -0.1) is 11.3 Å². The lowest BCUT2D eigenvalue weighted by Crippen LogP contribution is -2.40. The number of benzene rings is 1. The second-order valence-electron chi connectivity index (χ2n) is 6.79. The van der Waals surface area contributed by atoms with Crippen molar-refractivity contribution in [2.24, 2.45) is 0 Å². The van der Waals surface area contributed by atoms with E-state index in [1.807, 2.05) is 13.8 Å². The van der Waals surface area contributed by atoms with Gasteiger partial charge in [-0.05, 0) is 50.6 Å². The lowest BCUT2D eigenvalue weighted by Gasteiger charge is -2.27. The summed E-state index contributed by atoms with van der Waals surface area (Å²) < 4.78 is 5.27. The fourth-order valence-electron chi connectivity index (χ4n) is 3.23. The van der Waals surface area contributed by atoms with Gasteiger partial charge in [0.05, 0.1) is 29.8 Å². The fourth-order valence-corrected chi connectivity index (χ4v) is 4.51. The van der Waals surface area contributed by atoms with Gasteiger partial charge in [0.25, 0.3) is 5.91 Å². The summed E-state index contributed by atoms with van der Waals surface area (Å²) in [5.41, 5.74) is 2.07. The highest BCUT2D eigenvalue weighted by atomic mass is 35.5. The van der Waals surface area contributed by atoms with Gasteiger partial charge >= 0.3 is 6.03 Å². The van der Waals surface area contributed by atoms with E-state index in [4.69, 9.17) is 16.3 Å². The third-order valence-electron chi connectivity index (χ3n) is 4.65. The van der Waals surface area contributed by atoms with Crippen molar-refractivity contribution in [1.29, 1.82) is 0 Å². The molecule has 0 radical (unpaired) electrons.